The smallest absolute Gasteiger partial charge is 0.0649 e. The van der Waals surface area contributed by atoms with Gasteiger partial charge in [-0.25, -0.2) is 4.68 Å². The van der Waals surface area contributed by atoms with E-state index in [0.717, 1.165) is 41.6 Å². The molecule has 2 N–H and O–H groups in total. The van der Waals surface area contributed by atoms with Crippen LogP contribution in [0.15, 0.2) is 24.3 Å². The molecule has 0 amide bonds. The van der Waals surface area contributed by atoms with Crippen LogP contribution in [0.2, 0.25) is 5.02 Å². The van der Waals surface area contributed by atoms with Crippen LogP contribution < -0.4 is 5.32 Å². The van der Waals surface area contributed by atoms with Gasteiger partial charge in [0.15, 0.2) is 0 Å². The van der Waals surface area contributed by atoms with E-state index < -0.39 is 0 Å². The summed E-state index contributed by atoms with van der Waals surface area (Å²) in [4.78, 5) is 0. The Morgan fingerprint density at radius 3 is 2.48 bits per heavy atom. The number of aryl methyl sites for hydroxylation is 1. The molecule has 1 aromatic carbocycles. The molecule has 0 aliphatic rings. The number of nitrogens with zero attached hydrogens (tertiary/aromatic N) is 2. The highest BCUT2D eigenvalue weighted by Crippen LogP contribution is 2.21. The van der Waals surface area contributed by atoms with Crippen LogP contribution >= 0.6 is 11.6 Å². The van der Waals surface area contributed by atoms with Crippen LogP contribution in [0.5, 0.6) is 0 Å². The summed E-state index contributed by atoms with van der Waals surface area (Å²) in [5.74, 6) is 0. The topological polar surface area (TPSA) is 50.1 Å². The molecule has 23 heavy (non-hydrogen) atoms. The lowest BCUT2D eigenvalue weighted by molar-refractivity contribution is 0.207. The van der Waals surface area contributed by atoms with E-state index in [1.54, 1.807) is 0 Å². The van der Waals surface area contributed by atoms with E-state index in [0.29, 0.717) is 0 Å². The summed E-state index contributed by atoms with van der Waals surface area (Å²) in [5.41, 5.74) is 4.49. The molecule has 0 radical (unpaired) electrons. The van der Waals surface area contributed by atoms with Crippen molar-refractivity contribution >= 4 is 11.6 Å². The molecule has 2 aromatic rings. The molecule has 1 heterocycles. The number of nitrogens with one attached hydrogen (secondary N) is 1. The quantitative estimate of drug-likeness (QED) is 0.812. The monoisotopic (exact) mass is 335 g/mol. The summed E-state index contributed by atoms with van der Waals surface area (Å²) in [6, 6.07) is 7.71. The molecule has 1 aromatic heterocycles. The first-order valence-corrected chi connectivity index (χ1v) is 8.34. The molecule has 0 bridgehead atoms. The average molecular weight is 336 g/mol. The minimum atomic E-state index is 0.0860. The number of aliphatic hydroxyl groups excluding tert-OH is 1. The largest absolute Gasteiger partial charge is 0.396 e. The highest BCUT2D eigenvalue weighted by atomic mass is 35.5. The highest BCUT2D eigenvalue weighted by molar-refractivity contribution is 6.30. The van der Waals surface area contributed by atoms with Crippen molar-refractivity contribution in [2.75, 3.05) is 13.2 Å². The molecule has 0 saturated carbocycles. The fourth-order valence-corrected chi connectivity index (χ4v) is 2.81. The molecule has 4 nitrogen and oxygen atoms in total. The van der Waals surface area contributed by atoms with Gasteiger partial charge in [0.05, 0.1) is 11.4 Å². The Morgan fingerprint density at radius 1 is 1.22 bits per heavy atom. The van der Waals surface area contributed by atoms with Crippen molar-refractivity contribution in [2.24, 2.45) is 5.41 Å². The minimum Gasteiger partial charge on any atom is -0.396 e. The van der Waals surface area contributed by atoms with Gasteiger partial charge in [0.25, 0.3) is 0 Å². The van der Waals surface area contributed by atoms with Crippen LogP contribution in [0.1, 0.15) is 37.2 Å². The van der Waals surface area contributed by atoms with Crippen molar-refractivity contribution < 1.29 is 5.11 Å². The van der Waals surface area contributed by atoms with Crippen molar-refractivity contribution in [1.82, 2.24) is 15.1 Å². The van der Waals surface area contributed by atoms with Crippen molar-refractivity contribution in [2.45, 2.75) is 40.7 Å². The number of rotatable bonds is 7. The maximum atomic E-state index is 9.10. The molecule has 5 heteroatoms. The van der Waals surface area contributed by atoms with Crippen molar-refractivity contribution in [3.8, 4) is 5.69 Å². The van der Waals surface area contributed by atoms with Gasteiger partial charge in [-0.15, -0.1) is 0 Å². The summed E-state index contributed by atoms with van der Waals surface area (Å²) < 4.78 is 1.96. The zero-order chi connectivity index (χ0) is 17.0. The van der Waals surface area contributed by atoms with E-state index in [4.69, 9.17) is 16.7 Å². The van der Waals surface area contributed by atoms with Gasteiger partial charge in [-0.1, -0.05) is 25.4 Å². The molecule has 0 atom stereocenters. The second-order valence-corrected chi connectivity index (χ2v) is 7.22. The first kappa shape index (κ1) is 18.0. The Morgan fingerprint density at radius 2 is 1.87 bits per heavy atom. The molecule has 0 aliphatic carbocycles. The second-order valence-electron chi connectivity index (χ2n) is 6.78. The zero-order valence-corrected chi connectivity index (χ0v) is 15.1. The van der Waals surface area contributed by atoms with Crippen LogP contribution in [-0.2, 0) is 6.54 Å². The summed E-state index contributed by atoms with van der Waals surface area (Å²) >= 11 is 5.95. The zero-order valence-electron chi connectivity index (χ0n) is 14.4. The minimum absolute atomic E-state index is 0.0860. The second kappa shape index (κ2) is 7.47. The van der Waals surface area contributed by atoms with E-state index in [2.05, 4.69) is 31.2 Å². The molecular weight excluding hydrogens is 310 g/mol. The Kier molecular flexibility index (Phi) is 5.84. The summed E-state index contributed by atoms with van der Waals surface area (Å²) in [6.45, 7) is 10.3. The molecule has 0 unspecified atom stereocenters. The first-order valence-electron chi connectivity index (χ1n) is 7.97. The third-order valence-electron chi connectivity index (χ3n) is 4.21. The first-order chi connectivity index (χ1) is 10.8. The Hall–Kier alpha value is -1.36. The van der Waals surface area contributed by atoms with Gasteiger partial charge in [0.1, 0.15) is 0 Å². The Bertz CT molecular complexity index is 647. The molecule has 0 fully saturated rings. The van der Waals surface area contributed by atoms with Crippen LogP contribution in [0.25, 0.3) is 5.69 Å². The Labute approximate surface area is 143 Å². The van der Waals surface area contributed by atoms with Gasteiger partial charge < -0.3 is 10.4 Å². The summed E-state index contributed by atoms with van der Waals surface area (Å²) in [5, 5.41) is 18.0. The van der Waals surface area contributed by atoms with E-state index >= 15 is 0 Å². The summed E-state index contributed by atoms with van der Waals surface area (Å²) in [7, 11) is 0. The van der Waals surface area contributed by atoms with Crippen LogP contribution in [-0.4, -0.2) is 28.0 Å². The molecule has 126 valence electrons. The lowest BCUT2D eigenvalue weighted by Crippen LogP contribution is -2.30. The van der Waals surface area contributed by atoms with Gasteiger partial charge in [-0.2, -0.15) is 5.10 Å². The van der Waals surface area contributed by atoms with Crippen molar-refractivity contribution in [1.29, 1.82) is 0 Å². The maximum Gasteiger partial charge on any atom is 0.0649 e. The summed E-state index contributed by atoms with van der Waals surface area (Å²) in [6.07, 6.45) is 0.794. The van der Waals surface area contributed by atoms with Gasteiger partial charge in [0, 0.05) is 36.0 Å². The molecule has 0 spiro atoms. The van der Waals surface area contributed by atoms with Gasteiger partial charge in [-0.3, -0.25) is 0 Å². The predicted octanol–water partition coefficient (Wildman–Crippen LogP) is 3.64. The number of halogens is 1. The van der Waals surface area contributed by atoms with Crippen LogP contribution in [0.4, 0.5) is 0 Å². The molecule has 0 saturated heterocycles. The highest BCUT2D eigenvalue weighted by Gasteiger charge is 2.18. The van der Waals surface area contributed by atoms with E-state index in [1.807, 2.05) is 35.9 Å². The standard InChI is InChI=1S/C18H26ClN3O/c1-13-17(11-20-12-18(3,4)9-10-23)14(2)22(21-13)16-7-5-15(19)6-8-16/h5-8,20,23H,9-12H2,1-4H3. The van der Waals surface area contributed by atoms with Crippen molar-refractivity contribution in [3.05, 3.63) is 46.2 Å². The van der Waals surface area contributed by atoms with Gasteiger partial charge in [0.2, 0.25) is 0 Å². The molecular formula is C18H26ClN3O. The maximum absolute atomic E-state index is 9.10. The van der Waals surface area contributed by atoms with Gasteiger partial charge in [-0.05, 0) is 49.9 Å². The lowest BCUT2D eigenvalue weighted by atomic mass is 9.90. The lowest BCUT2D eigenvalue weighted by Gasteiger charge is -2.24. The van der Waals surface area contributed by atoms with Crippen molar-refractivity contribution in [3.63, 3.8) is 0 Å². The fourth-order valence-electron chi connectivity index (χ4n) is 2.68. The normalized spacial score (nSPS) is 11.9. The van der Waals surface area contributed by atoms with E-state index in [1.165, 1.54) is 5.56 Å². The number of hydrogen-bond acceptors (Lipinski definition) is 3. The van der Waals surface area contributed by atoms with E-state index in [9.17, 15) is 0 Å². The average Bonchev–Trinajstić information content (AvgIpc) is 2.76. The SMILES string of the molecule is Cc1nn(-c2ccc(Cl)cc2)c(C)c1CNCC(C)(C)CCO. The van der Waals surface area contributed by atoms with Crippen LogP contribution in [0.3, 0.4) is 0 Å². The Balaban J connectivity index is 2.10. The van der Waals surface area contributed by atoms with E-state index in [-0.39, 0.29) is 12.0 Å². The number of aromatic nitrogens is 2. The van der Waals surface area contributed by atoms with Gasteiger partial charge >= 0.3 is 0 Å². The number of benzene rings is 1. The molecule has 0 aliphatic heterocycles. The molecule has 2 rings (SSSR count). The fraction of sp³-hybridized carbons (Fsp3) is 0.500. The number of hydrogen-bond donors (Lipinski definition) is 2. The third-order valence-corrected chi connectivity index (χ3v) is 4.46. The van der Waals surface area contributed by atoms with Crippen LogP contribution in [0, 0.1) is 19.3 Å². The third kappa shape index (κ3) is 4.56. The predicted molar refractivity (Wildman–Crippen MR) is 95.2 cm³/mol. The number of aliphatic hydroxyl groups is 1.